The van der Waals surface area contributed by atoms with Crippen LogP contribution < -0.4 is 10.0 Å². The van der Waals surface area contributed by atoms with Crippen molar-refractivity contribution in [1.82, 2.24) is 29.5 Å². The molecule has 1 amide bonds. The molecule has 0 unspecified atom stereocenters. The van der Waals surface area contributed by atoms with E-state index >= 15 is 0 Å². The van der Waals surface area contributed by atoms with Crippen molar-refractivity contribution < 1.29 is 22.7 Å². The molecule has 304 valence electrons. The zero-order valence-corrected chi connectivity index (χ0v) is 34.6. The highest BCUT2D eigenvalue weighted by Gasteiger charge is 2.41. The molecule has 3 aromatic carbocycles. The number of likely N-dealkylation sites (tertiary alicyclic amines) is 2. The molecule has 1 saturated carbocycles. The summed E-state index contributed by atoms with van der Waals surface area (Å²) in [4.78, 5) is 32.0. The fourth-order valence-electron chi connectivity index (χ4n) is 9.38. The standard InChI is InChI=1S/C45H46ClN7O5S/c1-25-32(33-6-4-8-37(26(33)2)49-43-41-28(13-16-47-43)19-27(21-48-41)22-52-17-15-30(54)24-52)5-3-7-34(25)45-50-38-20-36-35(40(46)42(38)58-45)11-12-39(36)53-18-14-29(23-53)44(55)51-59(56,57)31-9-10-31/h3-8,13,16,19-21,29-31,39,54H,9-12,14-15,17-18,22-24H2,1-2H3,(H,47,49)(H,51,55)/t29-,30-,39-/m1/s1. The van der Waals surface area contributed by atoms with Gasteiger partial charge in [-0.05, 0) is 128 Å². The van der Waals surface area contributed by atoms with Crippen molar-refractivity contribution in [2.45, 2.75) is 76.3 Å². The number of amides is 1. The molecule has 5 heterocycles. The zero-order valence-electron chi connectivity index (χ0n) is 33.0. The summed E-state index contributed by atoms with van der Waals surface area (Å²) in [5, 5.41) is 14.7. The molecule has 2 saturated heterocycles. The van der Waals surface area contributed by atoms with Gasteiger partial charge in [-0.25, -0.2) is 18.4 Å². The first-order chi connectivity index (χ1) is 28.5. The molecule has 14 heteroatoms. The van der Waals surface area contributed by atoms with E-state index < -0.39 is 21.2 Å². The van der Waals surface area contributed by atoms with E-state index in [0.717, 1.165) is 93.4 Å². The van der Waals surface area contributed by atoms with Crippen LogP contribution in [0, 0.1) is 19.8 Å². The number of nitrogens with zero attached hydrogens (tertiary/aromatic N) is 5. The van der Waals surface area contributed by atoms with E-state index in [1.165, 1.54) is 0 Å². The topological polar surface area (TPSA) is 154 Å². The number of hydrogen-bond acceptors (Lipinski definition) is 11. The van der Waals surface area contributed by atoms with Crippen molar-refractivity contribution in [2.24, 2.45) is 5.92 Å². The summed E-state index contributed by atoms with van der Waals surface area (Å²) >= 11 is 7.09. The number of halogens is 1. The van der Waals surface area contributed by atoms with E-state index in [4.69, 9.17) is 26.0 Å². The van der Waals surface area contributed by atoms with Crippen molar-refractivity contribution in [2.75, 3.05) is 31.5 Å². The number of oxazole rings is 1. The summed E-state index contributed by atoms with van der Waals surface area (Å²) in [7, 11) is -3.58. The van der Waals surface area contributed by atoms with Crippen LogP contribution in [0.25, 0.3) is 44.6 Å². The molecular formula is C45H46ClN7O5S. The monoisotopic (exact) mass is 831 g/mol. The first-order valence-electron chi connectivity index (χ1n) is 20.5. The van der Waals surface area contributed by atoms with Crippen LogP contribution in [0.1, 0.15) is 66.0 Å². The lowest BCUT2D eigenvalue weighted by atomic mass is 9.93. The van der Waals surface area contributed by atoms with Gasteiger partial charge in [-0.2, -0.15) is 0 Å². The molecule has 59 heavy (non-hydrogen) atoms. The Morgan fingerprint density at radius 1 is 0.949 bits per heavy atom. The third kappa shape index (κ3) is 7.16. The lowest BCUT2D eigenvalue weighted by Crippen LogP contribution is -2.38. The van der Waals surface area contributed by atoms with Crippen LogP contribution in [0.4, 0.5) is 11.5 Å². The van der Waals surface area contributed by atoms with Crippen molar-refractivity contribution >= 4 is 61.0 Å². The van der Waals surface area contributed by atoms with Gasteiger partial charge in [0.05, 0.1) is 22.3 Å². The Labute approximate surface area is 348 Å². The molecule has 2 aliphatic heterocycles. The Hall–Kier alpha value is -4.92. The van der Waals surface area contributed by atoms with Gasteiger partial charge < -0.3 is 14.8 Å². The number of anilines is 2. The van der Waals surface area contributed by atoms with Gasteiger partial charge in [0, 0.05) is 61.3 Å². The number of β-amino-alcohol motifs (C(OH)–C–C–N with tert-alkyl or cyclic N) is 1. The van der Waals surface area contributed by atoms with Gasteiger partial charge in [0.15, 0.2) is 11.4 Å². The molecule has 12 nitrogen and oxygen atoms in total. The summed E-state index contributed by atoms with van der Waals surface area (Å²) in [6.45, 7) is 7.72. The number of aliphatic hydroxyl groups is 1. The molecule has 0 spiro atoms. The molecule has 6 aromatic rings. The SMILES string of the molecule is Cc1c(Nc2nccc3cc(CN4CC[C@@H](O)C4)cnc23)cccc1-c1cccc(-c2nc3cc4c(c(Cl)c3o2)CC[C@H]4N2CC[C@@H](C(=O)NS(=O)(=O)C3CC3)C2)c1C. The van der Waals surface area contributed by atoms with E-state index in [2.05, 4.69) is 69.0 Å². The molecule has 3 aromatic heterocycles. The fraction of sp³-hybridized carbons (Fsp3) is 0.378. The summed E-state index contributed by atoms with van der Waals surface area (Å²) in [5.74, 6) is 0.411. The Kier molecular flexibility index (Phi) is 9.71. The number of fused-ring (bicyclic) bond motifs is 3. The van der Waals surface area contributed by atoms with Crippen LogP contribution in [0.5, 0.6) is 0 Å². The van der Waals surface area contributed by atoms with E-state index in [1.54, 1.807) is 6.20 Å². The average molecular weight is 832 g/mol. The van der Waals surface area contributed by atoms with Crippen LogP contribution in [0.15, 0.2) is 71.4 Å². The van der Waals surface area contributed by atoms with Crippen LogP contribution in [0.2, 0.25) is 5.02 Å². The minimum atomic E-state index is -3.58. The second kappa shape index (κ2) is 15.0. The van der Waals surface area contributed by atoms with Gasteiger partial charge >= 0.3 is 0 Å². The number of rotatable bonds is 10. The summed E-state index contributed by atoms with van der Waals surface area (Å²) in [6, 6.07) is 18.7. The third-order valence-electron chi connectivity index (χ3n) is 12.8. The number of benzene rings is 3. The van der Waals surface area contributed by atoms with Crippen molar-refractivity contribution in [3.63, 3.8) is 0 Å². The number of aromatic nitrogens is 3. The number of carbonyl (C=O) groups excluding carboxylic acids is 1. The van der Waals surface area contributed by atoms with Gasteiger partial charge in [0.1, 0.15) is 11.0 Å². The highest BCUT2D eigenvalue weighted by atomic mass is 35.5. The first-order valence-corrected chi connectivity index (χ1v) is 22.5. The molecule has 10 rings (SSSR count). The smallest absolute Gasteiger partial charge is 0.237 e. The Balaban J connectivity index is 0.895. The second-order valence-corrected chi connectivity index (χ2v) is 19.0. The molecule has 2 aliphatic carbocycles. The summed E-state index contributed by atoms with van der Waals surface area (Å²) in [6.07, 6.45) is 7.74. The van der Waals surface area contributed by atoms with Crippen LogP contribution in [0.3, 0.4) is 0 Å². The Bertz CT molecular complexity index is 2770. The highest BCUT2D eigenvalue weighted by molar-refractivity contribution is 7.90. The number of sulfonamides is 1. The maximum atomic E-state index is 12.9. The van der Waals surface area contributed by atoms with Gasteiger partial charge in [-0.1, -0.05) is 35.9 Å². The van der Waals surface area contributed by atoms with Crippen molar-refractivity contribution in [1.29, 1.82) is 0 Å². The molecule has 3 fully saturated rings. The minimum Gasteiger partial charge on any atom is -0.434 e. The molecule has 3 N–H and O–H groups in total. The lowest BCUT2D eigenvalue weighted by molar-refractivity contribution is -0.122. The number of nitrogens with one attached hydrogen (secondary N) is 2. The quantitative estimate of drug-likeness (QED) is 0.125. The first kappa shape index (κ1) is 38.3. The zero-order chi connectivity index (χ0) is 40.6. The molecule has 3 atom stereocenters. The fourth-order valence-corrected chi connectivity index (χ4v) is 11.1. The Morgan fingerprint density at radius 2 is 1.75 bits per heavy atom. The minimum absolute atomic E-state index is 0.0618. The lowest BCUT2D eigenvalue weighted by Gasteiger charge is -2.25. The number of hydrogen-bond donors (Lipinski definition) is 3. The van der Waals surface area contributed by atoms with Crippen LogP contribution in [-0.4, -0.2) is 81.7 Å². The number of pyridine rings is 2. The van der Waals surface area contributed by atoms with E-state index in [-0.39, 0.29) is 18.1 Å². The predicted octanol–water partition coefficient (Wildman–Crippen LogP) is 7.60. The Morgan fingerprint density at radius 3 is 2.54 bits per heavy atom. The van der Waals surface area contributed by atoms with E-state index in [1.807, 2.05) is 30.5 Å². The van der Waals surface area contributed by atoms with E-state index in [0.29, 0.717) is 66.7 Å². The molecular weight excluding hydrogens is 786 g/mol. The largest absolute Gasteiger partial charge is 0.434 e. The van der Waals surface area contributed by atoms with Crippen molar-refractivity contribution in [3.8, 4) is 22.6 Å². The normalized spacial score (nSPS) is 21.1. The highest BCUT2D eigenvalue weighted by Crippen LogP contribution is 2.46. The van der Waals surface area contributed by atoms with Gasteiger partial charge in [-0.15, -0.1) is 0 Å². The van der Waals surface area contributed by atoms with Crippen molar-refractivity contribution in [3.05, 3.63) is 99.8 Å². The van der Waals surface area contributed by atoms with Crippen LogP contribution >= 0.6 is 11.6 Å². The maximum Gasteiger partial charge on any atom is 0.237 e. The third-order valence-corrected chi connectivity index (χ3v) is 15.0. The molecule has 4 aliphatic rings. The maximum absolute atomic E-state index is 12.9. The second-order valence-electron chi connectivity index (χ2n) is 16.7. The summed E-state index contributed by atoms with van der Waals surface area (Å²) < 4.78 is 33.7. The molecule has 0 bridgehead atoms. The van der Waals surface area contributed by atoms with Gasteiger partial charge in [0.25, 0.3) is 0 Å². The van der Waals surface area contributed by atoms with Gasteiger partial charge in [0.2, 0.25) is 21.8 Å². The average Bonchev–Trinajstić information content (AvgIpc) is 3.49. The summed E-state index contributed by atoms with van der Waals surface area (Å²) in [5.41, 5.74) is 11.3. The van der Waals surface area contributed by atoms with Gasteiger partial charge in [-0.3, -0.25) is 24.3 Å². The number of aliphatic hydroxyl groups excluding tert-OH is 1. The van der Waals surface area contributed by atoms with Crippen LogP contribution in [-0.2, 0) is 27.8 Å². The number of carbonyl (C=O) groups is 1. The van der Waals surface area contributed by atoms with E-state index in [9.17, 15) is 18.3 Å². The molecule has 0 radical (unpaired) electrons. The predicted molar refractivity (Wildman–Crippen MR) is 229 cm³/mol.